The number of amides is 2. The van der Waals surface area contributed by atoms with E-state index in [1.165, 1.54) is 4.90 Å². The maximum atomic E-state index is 13.3. The summed E-state index contributed by atoms with van der Waals surface area (Å²) in [7, 11) is 1.56. The lowest BCUT2D eigenvalue weighted by atomic mass is 9.87. The van der Waals surface area contributed by atoms with Gasteiger partial charge in [-0.3, -0.25) is 14.4 Å². The average molecular weight is 636 g/mol. The predicted octanol–water partition coefficient (Wildman–Crippen LogP) is 2.27. The zero-order valence-electron chi connectivity index (χ0n) is 21.4. The van der Waals surface area contributed by atoms with Gasteiger partial charge in [0.15, 0.2) is 0 Å². The highest BCUT2D eigenvalue weighted by Gasteiger charge is 2.41. The highest BCUT2D eigenvalue weighted by Crippen LogP contribution is 2.30. The number of benzene rings is 2. The van der Waals surface area contributed by atoms with Crippen LogP contribution in [0.2, 0.25) is 0 Å². The molecular formula is C28H33IN2O7. The largest absolute Gasteiger partial charge is 0.496 e. The molecule has 0 fully saturated rings. The Balaban J connectivity index is 1.97. The number of rotatable bonds is 12. The van der Waals surface area contributed by atoms with Crippen molar-refractivity contribution in [2.45, 2.75) is 44.4 Å². The number of hydrogen-bond donors (Lipinski definition) is 3. The molecule has 0 saturated heterocycles. The van der Waals surface area contributed by atoms with Crippen molar-refractivity contribution < 1.29 is 34.1 Å². The number of aliphatic hydroxyl groups is 2. The zero-order chi connectivity index (χ0) is 27.7. The molecule has 0 heterocycles. The van der Waals surface area contributed by atoms with E-state index in [-0.39, 0.29) is 32.5 Å². The Labute approximate surface area is 236 Å². The van der Waals surface area contributed by atoms with Crippen molar-refractivity contribution >= 4 is 40.2 Å². The molecule has 204 valence electrons. The Bertz CT molecular complexity index is 1170. The van der Waals surface area contributed by atoms with Crippen LogP contribution in [0, 0.1) is 3.57 Å². The Morgan fingerprint density at radius 1 is 1.11 bits per heavy atom. The molecule has 0 spiro atoms. The lowest BCUT2D eigenvalue weighted by Crippen LogP contribution is -2.56. The minimum absolute atomic E-state index is 0.00856. The molecular weight excluding hydrogens is 603 g/mol. The van der Waals surface area contributed by atoms with E-state index in [1.54, 1.807) is 32.2 Å². The third-order valence-corrected chi connectivity index (χ3v) is 7.24. The van der Waals surface area contributed by atoms with Gasteiger partial charge in [0.2, 0.25) is 11.7 Å². The average Bonchev–Trinajstić information content (AvgIpc) is 2.94. The van der Waals surface area contributed by atoms with Gasteiger partial charge in [-0.05, 0) is 58.9 Å². The van der Waals surface area contributed by atoms with Crippen LogP contribution >= 0.6 is 22.6 Å². The van der Waals surface area contributed by atoms with Crippen LogP contribution in [-0.4, -0.2) is 77.8 Å². The molecule has 3 unspecified atom stereocenters. The first-order valence-corrected chi connectivity index (χ1v) is 13.5. The summed E-state index contributed by atoms with van der Waals surface area (Å²) >= 11 is 2.11. The minimum Gasteiger partial charge on any atom is -0.496 e. The van der Waals surface area contributed by atoms with Crippen LogP contribution in [0.5, 0.6) is 11.5 Å². The number of ketones is 1. The van der Waals surface area contributed by atoms with E-state index in [0.29, 0.717) is 23.5 Å². The first kappa shape index (κ1) is 29.6. The molecule has 3 N–H and O–H groups in total. The normalized spacial score (nSPS) is 18.8. The van der Waals surface area contributed by atoms with Gasteiger partial charge in [-0.25, -0.2) is 0 Å². The van der Waals surface area contributed by atoms with Crippen LogP contribution < -0.4 is 14.8 Å². The quantitative estimate of drug-likeness (QED) is 0.241. The summed E-state index contributed by atoms with van der Waals surface area (Å²) in [5.41, 5.74) is 1.13. The molecule has 0 aliphatic heterocycles. The fourth-order valence-corrected chi connectivity index (χ4v) is 4.86. The summed E-state index contributed by atoms with van der Waals surface area (Å²) in [5.74, 6) is -0.591. The summed E-state index contributed by atoms with van der Waals surface area (Å²) in [6, 6.07) is 13.7. The van der Waals surface area contributed by atoms with E-state index in [4.69, 9.17) is 14.6 Å². The van der Waals surface area contributed by atoms with E-state index in [1.807, 2.05) is 36.4 Å². The van der Waals surface area contributed by atoms with Crippen LogP contribution in [0.15, 0.2) is 60.2 Å². The Hall–Kier alpha value is -2.96. The zero-order valence-corrected chi connectivity index (χ0v) is 23.6. The molecule has 2 aromatic rings. The van der Waals surface area contributed by atoms with Gasteiger partial charge in [0.1, 0.15) is 23.7 Å². The van der Waals surface area contributed by atoms with Gasteiger partial charge in [0.25, 0.3) is 5.91 Å². The number of nitrogens with one attached hydrogen (secondary N) is 1. The van der Waals surface area contributed by atoms with Crippen molar-refractivity contribution in [1.82, 2.24) is 10.2 Å². The Morgan fingerprint density at radius 3 is 2.45 bits per heavy atom. The first-order chi connectivity index (χ1) is 18.3. The number of carbonyl (C=O) groups is 3. The van der Waals surface area contributed by atoms with Crippen LogP contribution in [0.4, 0.5) is 0 Å². The molecule has 38 heavy (non-hydrogen) atoms. The number of para-hydroxylation sites is 2. The number of halogens is 1. The summed E-state index contributed by atoms with van der Waals surface area (Å²) in [6.07, 6.45) is -0.243. The lowest BCUT2D eigenvalue weighted by molar-refractivity contribution is -0.149. The smallest absolute Gasteiger partial charge is 0.290 e. The predicted molar refractivity (Wildman–Crippen MR) is 150 cm³/mol. The van der Waals surface area contributed by atoms with E-state index >= 15 is 0 Å². The third kappa shape index (κ3) is 7.33. The molecule has 2 aromatic carbocycles. The first-order valence-electron chi connectivity index (χ1n) is 12.4. The van der Waals surface area contributed by atoms with E-state index in [2.05, 4.69) is 27.9 Å². The lowest BCUT2D eigenvalue weighted by Gasteiger charge is -2.40. The molecule has 3 atom stereocenters. The highest BCUT2D eigenvalue weighted by molar-refractivity contribution is 14.1. The second kappa shape index (κ2) is 14.3. The van der Waals surface area contributed by atoms with Gasteiger partial charge in [0, 0.05) is 31.5 Å². The van der Waals surface area contributed by atoms with Gasteiger partial charge in [0.05, 0.1) is 23.3 Å². The van der Waals surface area contributed by atoms with Crippen LogP contribution in [-0.2, 0) is 20.8 Å². The van der Waals surface area contributed by atoms with E-state index < -0.39 is 35.8 Å². The molecule has 3 rings (SSSR count). The molecule has 0 saturated carbocycles. The number of ether oxygens (including phenoxy) is 2. The molecule has 0 bridgehead atoms. The fourth-order valence-electron chi connectivity index (χ4n) is 4.35. The fraction of sp³-hybridized carbons (Fsp3) is 0.393. The van der Waals surface area contributed by atoms with Crippen LogP contribution in [0.1, 0.15) is 25.3 Å². The summed E-state index contributed by atoms with van der Waals surface area (Å²) in [4.78, 5) is 40.1. The van der Waals surface area contributed by atoms with Crippen molar-refractivity contribution in [2.24, 2.45) is 0 Å². The van der Waals surface area contributed by atoms with Gasteiger partial charge >= 0.3 is 0 Å². The number of carbonyl (C=O) groups excluding carboxylic acids is 3. The third-order valence-electron chi connectivity index (χ3n) is 6.35. The number of nitrogens with zero attached hydrogens (tertiary/aromatic N) is 1. The number of aliphatic hydroxyl groups excluding tert-OH is 2. The molecule has 9 nitrogen and oxygen atoms in total. The van der Waals surface area contributed by atoms with Crippen LogP contribution in [0.25, 0.3) is 0 Å². The SMILES string of the molecule is CCC(=O)C(=O)N(CCc1ccccc1OC)C1CC(C(=O)NCCO)=CC(Oc2ccccc2I)C1O. The second-order valence-corrected chi connectivity index (χ2v) is 9.95. The van der Waals surface area contributed by atoms with Gasteiger partial charge in [-0.15, -0.1) is 0 Å². The summed E-state index contributed by atoms with van der Waals surface area (Å²) in [6.45, 7) is 1.54. The van der Waals surface area contributed by atoms with Crippen molar-refractivity contribution in [3.05, 3.63) is 69.3 Å². The Kier molecular flexibility index (Phi) is 11.1. The highest BCUT2D eigenvalue weighted by atomic mass is 127. The number of Topliss-reactive ketones (excluding diaryl/α,β-unsaturated/α-hetero) is 1. The van der Waals surface area contributed by atoms with Crippen LogP contribution in [0.3, 0.4) is 0 Å². The minimum atomic E-state index is -1.22. The molecule has 2 amide bonds. The molecule has 0 radical (unpaired) electrons. The maximum Gasteiger partial charge on any atom is 0.290 e. The van der Waals surface area contributed by atoms with E-state index in [0.717, 1.165) is 9.13 Å². The number of methoxy groups -OCH3 is 1. The van der Waals surface area contributed by atoms with E-state index in [9.17, 15) is 19.5 Å². The standard InChI is InChI=1S/C28H33IN2O7/c1-3-22(33)28(36)31(14-12-18-8-4-6-10-23(18)37-2)21-16-19(27(35)30-13-15-32)17-25(26(21)34)38-24-11-7-5-9-20(24)29/h4-11,17,21,25-26,32,34H,3,12-16H2,1-2H3,(H,30,35). The topological polar surface area (TPSA) is 125 Å². The van der Waals surface area contributed by atoms with Gasteiger partial charge in [-0.1, -0.05) is 37.3 Å². The Morgan fingerprint density at radius 2 is 1.79 bits per heavy atom. The molecule has 1 aliphatic carbocycles. The van der Waals surface area contributed by atoms with Crippen molar-refractivity contribution in [3.8, 4) is 11.5 Å². The summed E-state index contributed by atoms with van der Waals surface area (Å²) in [5, 5.41) is 23.2. The summed E-state index contributed by atoms with van der Waals surface area (Å²) < 4.78 is 12.4. The monoisotopic (exact) mass is 636 g/mol. The van der Waals surface area contributed by atoms with Crippen molar-refractivity contribution in [3.63, 3.8) is 0 Å². The molecule has 0 aromatic heterocycles. The molecule has 1 aliphatic rings. The second-order valence-electron chi connectivity index (χ2n) is 8.78. The maximum absolute atomic E-state index is 13.3. The van der Waals surface area contributed by atoms with Crippen molar-refractivity contribution in [1.29, 1.82) is 0 Å². The van der Waals surface area contributed by atoms with Crippen molar-refractivity contribution in [2.75, 3.05) is 26.8 Å². The number of hydrogen-bond acceptors (Lipinski definition) is 7. The molecule has 10 heteroatoms. The van der Waals surface area contributed by atoms with Gasteiger partial charge < -0.3 is 29.9 Å². The van der Waals surface area contributed by atoms with Gasteiger partial charge in [-0.2, -0.15) is 0 Å².